The lowest BCUT2D eigenvalue weighted by atomic mass is 10.0. The number of amides is 2. The molecule has 3 aromatic rings. The van der Waals surface area contributed by atoms with Crippen LogP contribution in [-0.4, -0.2) is 50.0 Å². The van der Waals surface area contributed by atoms with Crippen molar-refractivity contribution in [3.05, 3.63) is 99.5 Å². The molecule has 0 unspecified atom stereocenters. The Morgan fingerprint density at radius 1 is 0.927 bits per heavy atom. The Kier molecular flexibility index (Phi) is 10.3. The van der Waals surface area contributed by atoms with Crippen molar-refractivity contribution in [3.8, 4) is 0 Å². The predicted molar refractivity (Wildman–Crippen MR) is 167 cm³/mol. The Morgan fingerprint density at radius 2 is 1.59 bits per heavy atom. The van der Waals surface area contributed by atoms with Crippen LogP contribution in [-0.2, 0) is 32.6 Å². The second-order valence-corrected chi connectivity index (χ2v) is 13.7. The van der Waals surface area contributed by atoms with Gasteiger partial charge in [0.25, 0.3) is 0 Å². The van der Waals surface area contributed by atoms with E-state index in [0.29, 0.717) is 12.1 Å². The van der Waals surface area contributed by atoms with Crippen LogP contribution in [0, 0.1) is 13.8 Å². The quantitative estimate of drug-likeness (QED) is 0.299. The summed E-state index contributed by atoms with van der Waals surface area (Å²) < 4.78 is 28.1. The van der Waals surface area contributed by atoms with Crippen molar-refractivity contribution in [1.29, 1.82) is 0 Å². The molecule has 0 radical (unpaired) electrons. The lowest BCUT2D eigenvalue weighted by Gasteiger charge is -2.34. The minimum atomic E-state index is -3.81. The number of benzene rings is 3. The van der Waals surface area contributed by atoms with Crippen LogP contribution in [0.3, 0.4) is 0 Å². The summed E-state index contributed by atoms with van der Waals surface area (Å²) in [5.41, 5.74) is 3.92. The number of carbonyl (C=O) groups is 2. The lowest BCUT2D eigenvalue weighted by Crippen LogP contribution is -2.54. The molecule has 0 aliphatic heterocycles. The molecule has 218 valence electrons. The number of carbonyl (C=O) groups excluding carboxylic acids is 2. The van der Waals surface area contributed by atoms with Gasteiger partial charge in [-0.15, -0.1) is 0 Å². The highest BCUT2D eigenvalue weighted by Crippen LogP contribution is 2.26. The zero-order valence-corrected chi connectivity index (χ0v) is 26.2. The molecule has 1 fully saturated rings. The third-order valence-electron chi connectivity index (χ3n) is 7.76. The van der Waals surface area contributed by atoms with Gasteiger partial charge in [0.1, 0.15) is 12.6 Å². The summed E-state index contributed by atoms with van der Waals surface area (Å²) in [6, 6.07) is 21.9. The first-order valence-electron chi connectivity index (χ1n) is 13.9. The molecule has 9 heteroatoms. The van der Waals surface area contributed by atoms with E-state index in [0.717, 1.165) is 63.0 Å². The average molecular weight is 641 g/mol. The minimum Gasteiger partial charge on any atom is -0.352 e. The molecule has 0 spiro atoms. The molecule has 1 atom stereocenters. The summed E-state index contributed by atoms with van der Waals surface area (Å²) in [6.07, 6.45) is 5.38. The molecular weight excluding hydrogens is 602 g/mol. The number of nitrogens with zero attached hydrogens (tertiary/aromatic N) is 2. The fourth-order valence-corrected chi connectivity index (χ4v) is 6.47. The van der Waals surface area contributed by atoms with Crippen molar-refractivity contribution in [2.45, 2.75) is 64.6 Å². The molecule has 4 rings (SSSR count). The number of sulfonamides is 1. The normalized spacial score (nSPS) is 14.4. The first-order chi connectivity index (χ1) is 19.5. The van der Waals surface area contributed by atoms with E-state index < -0.39 is 28.5 Å². The first kappa shape index (κ1) is 30.8. The standard InChI is InChI=1S/C32H38BrN3O4S/c1-23-10-9-15-29(24(23)2)36(41(3,39)40)22-31(37)35(21-26-16-18-27(33)19-17-26)30(20-25-11-5-4-6-12-25)32(38)34-28-13-7-8-14-28/h4-6,9-12,15-19,28,30H,7-8,13-14,20-22H2,1-3H3,(H,34,38)/t30-/m0/s1. The maximum Gasteiger partial charge on any atom is 0.244 e. The SMILES string of the molecule is Cc1cccc(N(CC(=O)N(Cc2ccc(Br)cc2)[C@@H](Cc2ccccc2)C(=O)NC2CCCC2)S(C)(=O)=O)c1C. The summed E-state index contributed by atoms with van der Waals surface area (Å²) >= 11 is 3.46. The van der Waals surface area contributed by atoms with E-state index in [4.69, 9.17) is 0 Å². The molecule has 0 saturated heterocycles. The van der Waals surface area contributed by atoms with Crippen molar-refractivity contribution >= 4 is 43.5 Å². The molecule has 1 N–H and O–H groups in total. The topological polar surface area (TPSA) is 86.8 Å². The lowest BCUT2D eigenvalue weighted by molar-refractivity contribution is -0.140. The summed E-state index contributed by atoms with van der Waals surface area (Å²) in [7, 11) is -3.81. The number of nitrogens with one attached hydrogen (secondary N) is 1. The molecule has 3 aromatic carbocycles. The third kappa shape index (κ3) is 8.20. The summed E-state index contributed by atoms with van der Waals surface area (Å²) in [4.78, 5) is 29.7. The average Bonchev–Trinajstić information content (AvgIpc) is 3.45. The molecule has 0 heterocycles. The highest BCUT2D eigenvalue weighted by Gasteiger charge is 2.34. The van der Waals surface area contributed by atoms with Crippen LogP contribution >= 0.6 is 15.9 Å². The number of anilines is 1. The Balaban J connectivity index is 1.74. The highest BCUT2D eigenvalue weighted by atomic mass is 79.9. The Labute approximate surface area is 252 Å². The smallest absolute Gasteiger partial charge is 0.244 e. The fourth-order valence-electron chi connectivity index (χ4n) is 5.31. The van der Waals surface area contributed by atoms with Crippen LogP contribution < -0.4 is 9.62 Å². The zero-order chi connectivity index (χ0) is 29.6. The van der Waals surface area contributed by atoms with Crippen molar-refractivity contribution in [2.24, 2.45) is 0 Å². The number of aryl methyl sites for hydroxylation is 1. The second kappa shape index (κ2) is 13.7. The van der Waals surface area contributed by atoms with Gasteiger partial charge in [0.15, 0.2) is 0 Å². The predicted octanol–water partition coefficient (Wildman–Crippen LogP) is 5.53. The Hall–Kier alpha value is -3.17. The molecule has 1 saturated carbocycles. The highest BCUT2D eigenvalue weighted by molar-refractivity contribution is 9.10. The van der Waals surface area contributed by atoms with Gasteiger partial charge in [-0.2, -0.15) is 0 Å². The van der Waals surface area contributed by atoms with Crippen molar-refractivity contribution in [1.82, 2.24) is 10.2 Å². The summed E-state index contributed by atoms with van der Waals surface area (Å²) in [6.45, 7) is 3.50. The van der Waals surface area contributed by atoms with Crippen LogP contribution in [0.15, 0.2) is 77.3 Å². The molecule has 2 amide bonds. The van der Waals surface area contributed by atoms with Crippen LogP contribution in [0.2, 0.25) is 0 Å². The van der Waals surface area contributed by atoms with Crippen LogP contribution in [0.5, 0.6) is 0 Å². The van der Waals surface area contributed by atoms with Gasteiger partial charge < -0.3 is 10.2 Å². The molecule has 0 aromatic heterocycles. The minimum absolute atomic E-state index is 0.0767. The Bertz CT molecular complexity index is 1460. The van der Waals surface area contributed by atoms with Crippen LogP contribution in [0.1, 0.15) is 47.9 Å². The Morgan fingerprint density at radius 3 is 2.22 bits per heavy atom. The molecule has 0 bridgehead atoms. The van der Waals surface area contributed by atoms with Gasteiger partial charge >= 0.3 is 0 Å². The largest absolute Gasteiger partial charge is 0.352 e. The molecule has 7 nitrogen and oxygen atoms in total. The van der Waals surface area contributed by atoms with Gasteiger partial charge in [0.05, 0.1) is 11.9 Å². The van der Waals surface area contributed by atoms with E-state index in [9.17, 15) is 18.0 Å². The van der Waals surface area contributed by atoms with Crippen LogP contribution in [0.25, 0.3) is 0 Å². The molecular formula is C32H38BrN3O4S. The van der Waals surface area contributed by atoms with Gasteiger partial charge in [-0.3, -0.25) is 13.9 Å². The van der Waals surface area contributed by atoms with Gasteiger partial charge in [-0.1, -0.05) is 83.4 Å². The van der Waals surface area contributed by atoms with E-state index in [1.54, 1.807) is 17.0 Å². The number of rotatable bonds is 11. The monoisotopic (exact) mass is 639 g/mol. The molecule has 1 aliphatic carbocycles. The number of hydrogen-bond donors (Lipinski definition) is 1. The molecule has 1 aliphatic rings. The number of hydrogen-bond acceptors (Lipinski definition) is 4. The maximum atomic E-state index is 14.2. The third-order valence-corrected chi connectivity index (χ3v) is 9.42. The first-order valence-corrected chi connectivity index (χ1v) is 16.6. The fraction of sp³-hybridized carbons (Fsp3) is 0.375. The van der Waals surface area contributed by atoms with Gasteiger partial charge in [-0.05, 0) is 67.1 Å². The van der Waals surface area contributed by atoms with E-state index in [1.807, 2.05) is 74.5 Å². The van der Waals surface area contributed by atoms with E-state index >= 15 is 0 Å². The van der Waals surface area contributed by atoms with Gasteiger partial charge in [-0.25, -0.2) is 8.42 Å². The van der Waals surface area contributed by atoms with E-state index in [2.05, 4.69) is 21.2 Å². The van der Waals surface area contributed by atoms with Gasteiger partial charge in [0, 0.05) is 23.5 Å². The van der Waals surface area contributed by atoms with Crippen molar-refractivity contribution in [2.75, 3.05) is 17.1 Å². The summed E-state index contributed by atoms with van der Waals surface area (Å²) in [5, 5.41) is 3.19. The maximum absolute atomic E-state index is 14.2. The van der Waals surface area contributed by atoms with E-state index in [-0.39, 0.29) is 18.5 Å². The van der Waals surface area contributed by atoms with Crippen molar-refractivity contribution < 1.29 is 18.0 Å². The summed E-state index contributed by atoms with van der Waals surface area (Å²) in [5.74, 6) is -0.661. The second-order valence-electron chi connectivity index (χ2n) is 10.8. The number of halogens is 1. The molecule has 41 heavy (non-hydrogen) atoms. The van der Waals surface area contributed by atoms with Crippen molar-refractivity contribution in [3.63, 3.8) is 0 Å². The van der Waals surface area contributed by atoms with Gasteiger partial charge in [0.2, 0.25) is 21.8 Å². The van der Waals surface area contributed by atoms with Crippen LogP contribution in [0.4, 0.5) is 5.69 Å². The zero-order valence-electron chi connectivity index (χ0n) is 23.8. The van der Waals surface area contributed by atoms with E-state index in [1.165, 1.54) is 0 Å².